The number of hydrogen-bond acceptors (Lipinski definition) is 4. The van der Waals surface area contributed by atoms with Crippen molar-refractivity contribution in [1.82, 2.24) is 0 Å². The molecule has 0 saturated carbocycles. The van der Waals surface area contributed by atoms with Gasteiger partial charge < -0.3 is 14.6 Å². The molecule has 3 aromatic carbocycles. The molecule has 184 valence electrons. The van der Waals surface area contributed by atoms with Crippen molar-refractivity contribution in [2.24, 2.45) is 0 Å². The number of aryl methyl sites for hydroxylation is 3. The molecule has 0 aliphatic heterocycles. The third kappa shape index (κ3) is 5.57. The largest absolute Gasteiger partial charge is 0.463 e. The normalized spacial score (nSPS) is 13.8. The first-order chi connectivity index (χ1) is 16.5. The lowest BCUT2D eigenvalue weighted by molar-refractivity contribution is -0.245. The number of rotatable bonds is 7. The summed E-state index contributed by atoms with van der Waals surface area (Å²) in [4.78, 5) is 12.4. The zero-order chi connectivity index (χ0) is 25.8. The van der Waals surface area contributed by atoms with Crippen molar-refractivity contribution in [2.45, 2.75) is 39.5 Å². The summed E-state index contributed by atoms with van der Waals surface area (Å²) in [6, 6.07) is 19.0. The topological polar surface area (TPSA) is 55.8 Å². The third-order valence-corrected chi connectivity index (χ3v) is 5.47. The highest BCUT2D eigenvalue weighted by atomic mass is 19.4. The van der Waals surface area contributed by atoms with Crippen molar-refractivity contribution in [3.63, 3.8) is 0 Å². The van der Waals surface area contributed by atoms with Crippen LogP contribution in [-0.2, 0) is 9.53 Å². The lowest BCUT2D eigenvalue weighted by Crippen LogP contribution is -2.51. The molecule has 4 nitrogen and oxygen atoms in total. The number of esters is 1. The van der Waals surface area contributed by atoms with Crippen LogP contribution in [0, 0.1) is 20.8 Å². The second-order valence-electron chi connectivity index (χ2n) is 8.23. The molecule has 35 heavy (non-hydrogen) atoms. The van der Waals surface area contributed by atoms with Crippen molar-refractivity contribution in [3.8, 4) is 11.5 Å². The lowest BCUT2D eigenvalue weighted by Gasteiger charge is -2.27. The molecular formula is C28H27F3O4. The van der Waals surface area contributed by atoms with E-state index < -0.39 is 17.7 Å². The Morgan fingerprint density at radius 2 is 1.51 bits per heavy atom. The molecule has 0 aliphatic rings. The minimum absolute atomic E-state index is 0.000547. The quantitative estimate of drug-likeness (QED) is 0.380. The highest BCUT2D eigenvalue weighted by Crippen LogP contribution is 2.41. The van der Waals surface area contributed by atoms with Crippen LogP contribution in [0.4, 0.5) is 13.2 Å². The van der Waals surface area contributed by atoms with Gasteiger partial charge in [-0.15, -0.1) is 0 Å². The van der Waals surface area contributed by atoms with E-state index in [2.05, 4.69) is 4.74 Å². The molecule has 0 aliphatic carbocycles. The number of hydrogen-bond donors (Lipinski definition) is 1. The average molecular weight is 485 g/mol. The summed E-state index contributed by atoms with van der Waals surface area (Å²) in [7, 11) is 0. The van der Waals surface area contributed by atoms with Gasteiger partial charge in [-0.05, 0) is 74.2 Å². The van der Waals surface area contributed by atoms with Gasteiger partial charge in [0, 0.05) is 5.56 Å². The maximum Gasteiger partial charge on any atom is 0.431 e. The van der Waals surface area contributed by atoms with Gasteiger partial charge in [0.2, 0.25) is 0 Å². The molecule has 0 radical (unpaired) electrons. The van der Waals surface area contributed by atoms with Crippen LogP contribution >= 0.6 is 0 Å². The minimum atomic E-state index is -5.33. The maximum atomic E-state index is 14.2. The van der Waals surface area contributed by atoms with Gasteiger partial charge in [-0.2, -0.15) is 13.2 Å². The maximum absolute atomic E-state index is 14.2. The molecule has 0 aromatic heterocycles. The summed E-state index contributed by atoms with van der Waals surface area (Å²) < 4.78 is 53.1. The van der Waals surface area contributed by atoms with Gasteiger partial charge in [-0.1, -0.05) is 54.1 Å². The first kappa shape index (κ1) is 26.0. The van der Waals surface area contributed by atoms with Crippen LogP contribution in [0.1, 0.15) is 34.7 Å². The lowest BCUT2D eigenvalue weighted by atomic mass is 9.85. The molecule has 0 spiro atoms. The second-order valence-corrected chi connectivity index (χ2v) is 8.23. The van der Waals surface area contributed by atoms with Crippen molar-refractivity contribution in [1.29, 1.82) is 0 Å². The number of halogens is 3. The number of carbonyl (C=O) groups is 1. The van der Waals surface area contributed by atoms with Crippen molar-refractivity contribution in [2.75, 3.05) is 6.61 Å². The van der Waals surface area contributed by atoms with E-state index in [1.807, 2.05) is 25.1 Å². The number of benzene rings is 3. The second kappa shape index (κ2) is 10.4. The molecule has 0 bridgehead atoms. The van der Waals surface area contributed by atoms with E-state index in [1.165, 1.54) is 6.92 Å². The Morgan fingerprint density at radius 1 is 0.943 bits per heavy atom. The molecule has 0 amide bonds. The van der Waals surface area contributed by atoms with E-state index >= 15 is 0 Å². The molecule has 0 heterocycles. The summed E-state index contributed by atoms with van der Waals surface area (Å²) in [5, 5.41) is 10.7. The standard InChI is InChI=1S/C28H27F3O4/c1-5-34-26(32)27(33,28(29,30)31)17-23(25-19(3)15-18(2)16-20(25)4)22-13-9-10-14-24(22)35-21-11-7-6-8-12-21/h6-17,33H,5H2,1-4H3/b23-17-/t27-/m1/s1. The van der Waals surface area contributed by atoms with Gasteiger partial charge in [0.15, 0.2) is 0 Å². The van der Waals surface area contributed by atoms with Crippen LogP contribution in [-0.4, -0.2) is 29.5 Å². The van der Waals surface area contributed by atoms with Crippen molar-refractivity contribution < 1.29 is 32.5 Å². The van der Waals surface area contributed by atoms with Crippen LogP contribution in [0.15, 0.2) is 72.8 Å². The van der Waals surface area contributed by atoms with Gasteiger partial charge >= 0.3 is 12.1 Å². The first-order valence-corrected chi connectivity index (χ1v) is 11.1. The van der Waals surface area contributed by atoms with Crippen molar-refractivity contribution >= 4 is 11.5 Å². The predicted octanol–water partition coefficient (Wildman–Crippen LogP) is 6.69. The minimum Gasteiger partial charge on any atom is -0.463 e. The summed E-state index contributed by atoms with van der Waals surface area (Å²) >= 11 is 0. The Balaban J connectivity index is 2.35. The molecule has 3 aromatic rings. The number of para-hydroxylation sites is 2. The predicted molar refractivity (Wildman–Crippen MR) is 128 cm³/mol. The highest BCUT2D eigenvalue weighted by molar-refractivity contribution is 5.92. The highest BCUT2D eigenvalue weighted by Gasteiger charge is 2.60. The Kier molecular flexibility index (Phi) is 7.70. The summed E-state index contributed by atoms with van der Waals surface area (Å²) in [5.41, 5.74) is -0.867. The number of ether oxygens (including phenoxy) is 2. The van der Waals surface area contributed by atoms with Crippen molar-refractivity contribution in [3.05, 3.63) is 101 Å². The van der Waals surface area contributed by atoms with Gasteiger partial charge in [0.25, 0.3) is 5.60 Å². The SMILES string of the molecule is CCOC(=O)[C@](O)(/C=C(/c1ccccc1Oc1ccccc1)c1c(C)cc(C)cc1C)C(F)(F)F. The van der Waals surface area contributed by atoms with Gasteiger partial charge in [-0.25, -0.2) is 4.79 Å². The fraction of sp³-hybridized carbons (Fsp3) is 0.250. The number of alkyl halides is 3. The zero-order valence-electron chi connectivity index (χ0n) is 19.9. The Bertz CT molecular complexity index is 1210. The monoisotopic (exact) mass is 484 g/mol. The molecule has 1 N–H and O–H groups in total. The fourth-order valence-electron chi connectivity index (χ4n) is 3.99. The van der Waals surface area contributed by atoms with E-state index in [9.17, 15) is 23.1 Å². The molecule has 0 saturated heterocycles. The van der Waals surface area contributed by atoms with E-state index in [0.29, 0.717) is 28.5 Å². The summed E-state index contributed by atoms with van der Waals surface area (Å²) in [6.45, 7) is 6.46. The molecule has 1 atom stereocenters. The molecule has 3 rings (SSSR count). The first-order valence-electron chi connectivity index (χ1n) is 11.1. The Labute approximate surface area is 202 Å². The van der Waals surface area contributed by atoms with E-state index in [0.717, 1.165) is 5.56 Å². The molecular weight excluding hydrogens is 457 g/mol. The third-order valence-electron chi connectivity index (χ3n) is 5.47. The van der Waals surface area contributed by atoms with Crippen LogP contribution in [0.2, 0.25) is 0 Å². The van der Waals surface area contributed by atoms with E-state index in [-0.39, 0.29) is 23.5 Å². The number of carbonyl (C=O) groups excluding carboxylic acids is 1. The Hall–Kier alpha value is -3.58. The van der Waals surface area contributed by atoms with Crippen LogP contribution in [0.3, 0.4) is 0 Å². The van der Waals surface area contributed by atoms with Crippen LogP contribution in [0.25, 0.3) is 5.57 Å². The van der Waals surface area contributed by atoms with Gasteiger partial charge in [0.05, 0.1) is 6.61 Å². The smallest absolute Gasteiger partial charge is 0.431 e. The van der Waals surface area contributed by atoms with E-state index in [1.54, 1.807) is 62.4 Å². The zero-order valence-corrected chi connectivity index (χ0v) is 19.9. The molecule has 0 fully saturated rings. The summed E-state index contributed by atoms with van der Waals surface area (Å²) in [6.07, 6.45) is -4.80. The van der Waals surface area contributed by atoms with Gasteiger partial charge in [-0.3, -0.25) is 0 Å². The van der Waals surface area contributed by atoms with E-state index in [4.69, 9.17) is 4.74 Å². The molecule has 0 unspecified atom stereocenters. The molecule has 7 heteroatoms. The fourth-order valence-corrected chi connectivity index (χ4v) is 3.99. The Morgan fingerprint density at radius 3 is 2.09 bits per heavy atom. The summed E-state index contributed by atoms with van der Waals surface area (Å²) in [5.74, 6) is -1.06. The number of aliphatic hydroxyl groups is 1. The van der Waals surface area contributed by atoms with Gasteiger partial charge in [0.1, 0.15) is 11.5 Å². The van der Waals surface area contributed by atoms with Crippen LogP contribution in [0.5, 0.6) is 11.5 Å². The van der Waals surface area contributed by atoms with Crippen LogP contribution < -0.4 is 4.74 Å². The average Bonchev–Trinajstić information content (AvgIpc) is 2.78.